The van der Waals surface area contributed by atoms with Crippen molar-refractivity contribution in [2.24, 2.45) is 11.7 Å². The molecule has 0 radical (unpaired) electrons. The normalized spacial score (nSPS) is 15.0. The number of likely N-dealkylation sites (tertiary alicyclic amines) is 1. The predicted octanol–water partition coefficient (Wildman–Crippen LogP) is 2.64. The molecule has 3 amide bonds. The molecule has 3 rings (SSSR count). The molecule has 8 nitrogen and oxygen atoms in total. The molecule has 2 aromatic carbocycles. The first-order valence-corrected chi connectivity index (χ1v) is 10.8. The number of benzene rings is 2. The highest BCUT2D eigenvalue weighted by Crippen LogP contribution is 2.23. The summed E-state index contributed by atoms with van der Waals surface area (Å²) in [5.41, 5.74) is 8.06. The van der Waals surface area contributed by atoms with E-state index >= 15 is 0 Å². The number of nitrogens with two attached hydrogens (primary N) is 1. The summed E-state index contributed by atoms with van der Waals surface area (Å²) in [6.07, 6.45) is 0.567. The maximum Gasteiger partial charge on any atom is 0.408 e. The minimum Gasteiger partial charge on any atom is -0.445 e. The van der Waals surface area contributed by atoms with Gasteiger partial charge in [-0.15, -0.1) is 0 Å². The lowest BCUT2D eigenvalue weighted by molar-refractivity contribution is -0.130. The van der Waals surface area contributed by atoms with Crippen LogP contribution >= 0.6 is 0 Å². The van der Waals surface area contributed by atoms with Crippen molar-refractivity contribution in [2.45, 2.75) is 39.0 Å². The number of hydrogen-bond acceptors (Lipinski definition) is 5. The Morgan fingerprint density at radius 2 is 1.75 bits per heavy atom. The Bertz CT molecular complexity index is 927. The Morgan fingerprint density at radius 3 is 2.41 bits per heavy atom. The highest BCUT2D eigenvalue weighted by atomic mass is 16.5. The number of piperidine rings is 1. The van der Waals surface area contributed by atoms with Gasteiger partial charge in [-0.05, 0) is 42.0 Å². The van der Waals surface area contributed by atoms with Crippen LogP contribution in [0.2, 0.25) is 0 Å². The quantitative estimate of drug-likeness (QED) is 0.615. The maximum absolute atomic E-state index is 13.1. The van der Waals surface area contributed by atoms with Gasteiger partial charge < -0.3 is 26.0 Å². The van der Waals surface area contributed by atoms with Gasteiger partial charge in [0.25, 0.3) is 0 Å². The summed E-state index contributed by atoms with van der Waals surface area (Å²) in [6.45, 7) is 3.11. The van der Waals surface area contributed by atoms with Crippen molar-refractivity contribution in [1.29, 1.82) is 0 Å². The summed E-state index contributed by atoms with van der Waals surface area (Å²) >= 11 is 0. The maximum atomic E-state index is 13.1. The molecule has 1 aliphatic rings. The van der Waals surface area contributed by atoms with Crippen molar-refractivity contribution in [1.82, 2.24) is 10.2 Å². The van der Waals surface area contributed by atoms with Crippen LogP contribution < -0.4 is 16.4 Å². The lowest BCUT2D eigenvalue weighted by Gasteiger charge is -2.35. The molecule has 0 aromatic heterocycles. The first-order valence-electron chi connectivity index (χ1n) is 10.8. The van der Waals surface area contributed by atoms with Gasteiger partial charge in [0.1, 0.15) is 12.6 Å². The van der Waals surface area contributed by atoms with Gasteiger partial charge >= 0.3 is 6.09 Å². The van der Waals surface area contributed by atoms with E-state index in [1.807, 2.05) is 42.5 Å². The van der Waals surface area contributed by atoms with Crippen molar-refractivity contribution in [3.05, 3.63) is 65.7 Å². The van der Waals surface area contributed by atoms with Gasteiger partial charge in [-0.1, -0.05) is 42.5 Å². The minimum atomic E-state index is -0.783. The summed E-state index contributed by atoms with van der Waals surface area (Å²) in [4.78, 5) is 39.1. The van der Waals surface area contributed by atoms with Crippen molar-refractivity contribution < 1.29 is 19.1 Å². The van der Waals surface area contributed by atoms with Crippen LogP contribution in [0, 0.1) is 5.92 Å². The third-order valence-corrected chi connectivity index (χ3v) is 5.66. The van der Waals surface area contributed by atoms with E-state index in [1.165, 1.54) is 6.92 Å². The predicted molar refractivity (Wildman–Crippen MR) is 121 cm³/mol. The SMILES string of the molecule is CC(=O)N1CCC([C@H](NC(=O)OCc2ccccc2)C(=O)Nc2cccc(CN)c2)CC1. The van der Waals surface area contributed by atoms with Gasteiger partial charge in [-0.3, -0.25) is 9.59 Å². The highest BCUT2D eigenvalue weighted by Gasteiger charge is 2.33. The summed E-state index contributed by atoms with van der Waals surface area (Å²) in [5, 5.41) is 5.63. The van der Waals surface area contributed by atoms with E-state index in [1.54, 1.807) is 17.0 Å². The zero-order chi connectivity index (χ0) is 22.9. The summed E-state index contributed by atoms with van der Waals surface area (Å²) in [5.74, 6) is -0.428. The number of amides is 3. The number of ether oxygens (including phenoxy) is 1. The average Bonchev–Trinajstić information content (AvgIpc) is 2.82. The van der Waals surface area contributed by atoms with E-state index in [4.69, 9.17) is 10.5 Å². The fraction of sp³-hybridized carbons (Fsp3) is 0.375. The van der Waals surface area contributed by atoms with Crippen LogP contribution in [-0.4, -0.2) is 41.9 Å². The van der Waals surface area contributed by atoms with Crippen molar-refractivity contribution in [3.63, 3.8) is 0 Å². The van der Waals surface area contributed by atoms with Crippen LogP contribution in [0.3, 0.4) is 0 Å². The van der Waals surface area contributed by atoms with Gasteiger partial charge in [0, 0.05) is 32.2 Å². The molecule has 0 bridgehead atoms. The first-order chi connectivity index (χ1) is 15.5. The second-order valence-electron chi connectivity index (χ2n) is 7.92. The van der Waals surface area contributed by atoms with E-state index in [-0.39, 0.29) is 24.3 Å². The summed E-state index contributed by atoms with van der Waals surface area (Å²) < 4.78 is 5.33. The molecule has 4 N–H and O–H groups in total. The standard InChI is InChI=1S/C24H30N4O4/c1-17(29)28-12-10-20(11-13-28)22(23(30)26-21-9-5-8-19(14-21)15-25)27-24(31)32-16-18-6-3-2-4-7-18/h2-9,14,20,22H,10-13,15-16,25H2,1H3,(H,26,30)(H,27,31)/t22-/m0/s1. The van der Waals surface area contributed by atoms with Crippen LogP contribution in [0.1, 0.15) is 30.9 Å². The number of carbonyl (C=O) groups excluding carboxylic acids is 3. The van der Waals surface area contributed by atoms with Crippen LogP contribution in [0.15, 0.2) is 54.6 Å². The van der Waals surface area contributed by atoms with Crippen molar-refractivity contribution in [2.75, 3.05) is 18.4 Å². The molecule has 0 spiro atoms. The highest BCUT2D eigenvalue weighted by molar-refractivity contribution is 5.96. The molecule has 2 aromatic rings. The molecule has 0 unspecified atom stereocenters. The second-order valence-corrected chi connectivity index (χ2v) is 7.92. The Balaban J connectivity index is 1.67. The van der Waals surface area contributed by atoms with Gasteiger partial charge in [-0.2, -0.15) is 0 Å². The van der Waals surface area contributed by atoms with Crippen LogP contribution in [0.4, 0.5) is 10.5 Å². The first kappa shape index (κ1) is 23.3. The molecule has 8 heteroatoms. The Kier molecular flexibility index (Phi) is 8.21. The van der Waals surface area contributed by atoms with E-state index in [0.717, 1.165) is 11.1 Å². The Hall–Kier alpha value is -3.39. The number of carbonyl (C=O) groups is 3. The number of anilines is 1. The summed E-state index contributed by atoms with van der Waals surface area (Å²) in [6, 6.07) is 15.8. The molecular formula is C24H30N4O4. The van der Waals surface area contributed by atoms with E-state index in [2.05, 4.69) is 10.6 Å². The largest absolute Gasteiger partial charge is 0.445 e. The minimum absolute atomic E-state index is 0.0123. The molecule has 1 aliphatic heterocycles. The number of hydrogen-bond donors (Lipinski definition) is 3. The van der Waals surface area contributed by atoms with Crippen LogP contribution in [0.5, 0.6) is 0 Å². The molecule has 1 saturated heterocycles. The molecule has 1 atom stereocenters. The lowest BCUT2D eigenvalue weighted by Crippen LogP contribution is -2.52. The zero-order valence-corrected chi connectivity index (χ0v) is 18.3. The number of nitrogens with zero attached hydrogens (tertiary/aromatic N) is 1. The molecular weight excluding hydrogens is 408 g/mol. The van der Waals surface area contributed by atoms with Crippen LogP contribution in [-0.2, 0) is 27.5 Å². The Morgan fingerprint density at radius 1 is 1.06 bits per heavy atom. The fourth-order valence-corrected chi connectivity index (χ4v) is 3.83. The third kappa shape index (κ3) is 6.55. The zero-order valence-electron chi connectivity index (χ0n) is 18.3. The van der Waals surface area contributed by atoms with Gasteiger partial charge in [0.05, 0.1) is 0 Å². The van der Waals surface area contributed by atoms with Crippen LogP contribution in [0.25, 0.3) is 0 Å². The number of nitrogens with one attached hydrogen (secondary N) is 2. The topological polar surface area (TPSA) is 114 Å². The number of rotatable bonds is 7. The van der Waals surface area contributed by atoms with E-state index in [0.29, 0.717) is 38.2 Å². The van der Waals surface area contributed by atoms with Gasteiger partial charge in [0.2, 0.25) is 11.8 Å². The molecule has 170 valence electrons. The summed E-state index contributed by atoms with van der Waals surface area (Å²) in [7, 11) is 0. The molecule has 1 fully saturated rings. The van der Waals surface area contributed by atoms with E-state index < -0.39 is 12.1 Å². The van der Waals surface area contributed by atoms with Gasteiger partial charge in [0.15, 0.2) is 0 Å². The lowest BCUT2D eigenvalue weighted by atomic mass is 9.88. The van der Waals surface area contributed by atoms with Crippen molar-refractivity contribution >= 4 is 23.6 Å². The fourth-order valence-electron chi connectivity index (χ4n) is 3.83. The van der Waals surface area contributed by atoms with Gasteiger partial charge in [-0.25, -0.2) is 4.79 Å². The second kappa shape index (κ2) is 11.3. The molecule has 1 heterocycles. The monoisotopic (exact) mass is 438 g/mol. The van der Waals surface area contributed by atoms with Crippen molar-refractivity contribution in [3.8, 4) is 0 Å². The molecule has 32 heavy (non-hydrogen) atoms. The molecule has 0 aliphatic carbocycles. The smallest absolute Gasteiger partial charge is 0.408 e. The number of alkyl carbamates (subject to hydrolysis) is 1. The average molecular weight is 439 g/mol. The molecule has 0 saturated carbocycles. The van der Waals surface area contributed by atoms with E-state index in [9.17, 15) is 14.4 Å². The Labute approximate surface area is 188 Å². The third-order valence-electron chi connectivity index (χ3n) is 5.66.